The van der Waals surface area contributed by atoms with Gasteiger partial charge in [-0.3, -0.25) is 4.79 Å². The molecule has 1 unspecified atom stereocenters. The van der Waals surface area contributed by atoms with Gasteiger partial charge >= 0.3 is 0 Å². The molecule has 1 aliphatic heterocycles. The van der Waals surface area contributed by atoms with Gasteiger partial charge in [-0.05, 0) is 31.7 Å². The molecule has 1 amide bonds. The molecule has 114 valence electrons. The zero-order chi connectivity index (χ0) is 15.5. The Morgan fingerprint density at radius 2 is 2.00 bits per heavy atom. The van der Waals surface area contributed by atoms with Crippen molar-refractivity contribution in [3.8, 4) is 0 Å². The molecule has 21 heavy (non-hydrogen) atoms. The molecule has 1 aromatic rings. The van der Waals surface area contributed by atoms with Crippen molar-refractivity contribution in [2.45, 2.75) is 38.2 Å². The first-order valence-corrected chi connectivity index (χ1v) is 7.67. The van der Waals surface area contributed by atoms with Crippen LogP contribution in [0.4, 0.5) is 0 Å². The maximum Gasteiger partial charge on any atom is 0.226 e. The van der Waals surface area contributed by atoms with Crippen molar-refractivity contribution in [2.75, 3.05) is 13.1 Å². The van der Waals surface area contributed by atoms with Crippen LogP contribution in [0, 0.1) is 0 Å². The van der Waals surface area contributed by atoms with Crippen molar-refractivity contribution in [1.29, 1.82) is 0 Å². The fraction of sp³-hybridized carbons (Fsp3) is 0.500. The van der Waals surface area contributed by atoms with Gasteiger partial charge in [0.05, 0.1) is 12.0 Å². The summed E-state index contributed by atoms with van der Waals surface area (Å²) in [7, 11) is 0. The molecule has 1 aromatic carbocycles. The first-order chi connectivity index (χ1) is 9.87. The Morgan fingerprint density at radius 1 is 1.33 bits per heavy atom. The molecule has 1 atom stereocenters. The van der Waals surface area contributed by atoms with E-state index in [4.69, 9.17) is 18.0 Å². The first-order valence-electron chi connectivity index (χ1n) is 7.26. The van der Waals surface area contributed by atoms with E-state index in [0.717, 1.165) is 30.5 Å². The number of thiocarbonyl (C=S) groups is 1. The highest BCUT2D eigenvalue weighted by atomic mass is 32.1. The molecule has 0 aliphatic carbocycles. The lowest BCUT2D eigenvalue weighted by Gasteiger charge is -2.22. The zero-order valence-electron chi connectivity index (χ0n) is 12.3. The third kappa shape index (κ3) is 4.51. The Labute approximate surface area is 130 Å². The van der Waals surface area contributed by atoms with Crippen molar-refractivity contribution in [2.24, 2.45) is 5.73 Å². The van der Waals surface area contributed by atoms with Crippen molar-refractivity contribution in [1.82, 2.24) is 4.90 Å². The summed E-state index contributed by atoms with van der Waals surface area (Å²) < 4.78 is 0. The smallest absolute Gasteiger partial charge is 0.226 e. The summed E-state index contributed by atoms with van der Waals surface area (Å²) in [6.07, 6.45) is 2.61. The van der Waals surface area contributed by atoms with E-state index in [1.807, 2.05) is 36.1 Å². The van der Waals surface area contributed by atoms with Crippen molar-refractivity contribution >= 4 is 23.1 Å². The van der Waals surface area contributed by atoms with Crippen LogP contribution in [0.3, 0.4) is 0 Å². The molecule has 1 fully saturated rings. The maximum absolute atomic E-state index is 12.3. The van der Waals surface area contributed by atoms with Gasteiger partial charge in [-0.15, -0.1) is 0 Å². The molecule has 1 aliphatic rings. The van der Waals surface area contributed by atoms with Crippen LogP contribution in [0.5, 0.6) is 0 Å². The van der Waals surface area contributed by atoms with Crippen LogP contribution >= 0.6 is 12.2 Å². The lowest BCUT2D eigenvalue weighted by atomic mass is 9.98. The highest BCUT2D eigenvalue weighted by molar-refractivity contribution is 7.80. The fourth-order valence-electron chi connectivity index (χ4n) is 2.59. The molecule has 0 spiro atoms. The average Bonchev–Trinajstić information content (AvgIpc) is 2.60. The van der Waals surface area contributed by atoms with Crippen LogP contribution in [0.1, 0.15) is 37.3 Å². The van der Waals surface area contributed by atoms with E-state index in [1.165, 1.54) is 0 Å². The number of likely N-dealkylation sites (tertiary alicyclic amines) is 1. The highest BCUT2D eigenvalue weighted by Gasteiger charge is 2.26. The quantitative estimate of drug-likeness (QED) is 0.833. The summed E-state index contributed by atoms with van der Waals surface area (Å²) in [6, 6.07) is 7.47. The Bertz CT molecular complexity index is 526. The van der Waals surface area contributed by atoms with E-state index < -0.39 is 5.60 Å². The molecular formula is C16H22N2O2S. The average molecular weight is 306 g/mol. The number of carbonyl (C=O) groups is 1. The minimum Gasteiger partial charge on any atom is -0.390 e. The molecule has 1 heterocycles. The molecule has 0 saturated carbocycles. The third-order valence-electron chi connectivity index (χ3n) is 4.01. The van der Waals surface area contributed by atoms with Gasteiger partial charge in [0, 0.05) is 18.7 Å². The number of hydrogen-bond donors (Lipinski definition) is 2. The second-order valence-corrected chi connectivity index (χ2v) is 6.41. The van der Waals surface area contributed by atoms with Crippen molar-refractivity contribution in [3.63, 3.8) is 0 Å². The minimum atomic E-state index is -0.645. The van der Waals surface area contributed by atoms with E-state index in [9.17, 15) is 9.90 Å². The minimum absolute atomic E-state index is 0.107. The molecular weight excluding hydrogens is 284 g/mol. The van der Waals surface area contributed by atoms with E-state index in [1.54, 1.807) is 0 Å². The summed E-state index contributed by atoms with van der Waals surface area (Å²) in [6.45, 7) is 3.19. The van der Waals surface area contributed by atoms with Gasteiger partial charge < -0.3 is 15.7 Å². The summed E-state index contributed by atoms with van der Waals surface area (Å²) >= 11 is 4.91. The second kappa shape index (κ2) is 6.54. The van der Waals surface area contributed by atoms with Crippen LogP contribution in [0.2, 0.25) is 0 Å². The lowest BCUT2D eigenvalue weighted by Crippen LogP contribution is -2.34. The van der Waals surface area contributed by atoms with Crippen LogP contribution in [-0.2, 0) is 11.2 Å². The normalized spacial score (nSPS) is 22.7. The predicted molar refractivity (Wildman–Crippen MR) is 87.1 cm³/mol. The van der Waals surface area contributed by atoms with Crippen LogP contribution in [-0.4, -0.2) is 39.6 Å². The molecule has 0 bridgehead atoms. The summed E-state index contributed by atoms with van der Waals surface area (Å²) in [5, 5.41) is 10.1. The number of benzene rings is 1. The summed E-state index contributed by atoms with van der Waals surface area (Å²) in [5.41, 5.74) is 6.68. The van der Waals surface area contributed by atoms with Crippen molar-refractivity contribution < 1.29 is 9.90 Å². The summed E-state index contributed by atoms with van der Waals surface area (Å²) in [4.78, 5) is 14.6. The predicted octanol–water partition coefficient (Wildman–Crippen LogP) is 1.63. The molecule has 0 radical (unpaired) electrons. The number of nitrogens with two attached hydrogens (primary N) is 1. The van der Waals surface area contributed by atoms with Gasteiger partial charge in [-0.25, -0.2) is 0 Å². The number of carbonyl (C=O) groups excluding carboxylic acids is 1. The van der Waals surface area contributed by atoms with E-state index in [0.29, 0.717) is 24.4 Å². The number of rotatable bonds is 3. The van der Waals surface area contributed by atoms with E-state index in [-0.39, 0.29) is 5.91 Å². The molecule has 5 heteroatoms. The molecule has 4 nitrogen and oxygen atoms in total. The number of hydrogen-bond acceptors (Lipinski definition) is 3. The number of nitrogens with zero attached hydrogens (tertiary/aromatic N) is 1. The van der Waals surface area contributed by atoms with Crippen LogP contribution < -0.4 is 5.73 Å². The fourth-order valence-corrected chi connectivity index (χ4v) is 2.72. The van der Waals surface area contributed by atoms with Gasteiger partial charge in [0.2, 0.25) is 5.91 Å². The van der Waals surface area contributed by atoms with Crippen LogP contribution in [0.15, 0.2) is 24.3 Å². The lowest BCUT2D eigenvalue weighted by molar-refractivity contribution is -0.130. The number of amides is 1. The van der Waals surface area contributed by atoms with E-state index in [2.05, 4.69) is 0 Å². The topological polar surface area (TPSA) is 66.6 Å². The second-order valence-electron chi connectivity index (χ2n) is 5.97. The Balaban J connectivity index is 1.96. The Kier molecular flexibility index (Phi) is 4.96. The molecule has 3 N–H and O–H groups in total. The summed E-state index contributed by atoms with van der Waals surface area (Å²) in [5.74, 6) is 0.107. The van der Waals surface area contributed by atoms with Gasteiger partial charge in [-0.1, -0.05) is 36.5 Å². The zero-order valence-corrected chi connectivity index (χ0v) is 13.2. The van der Waals surface area contributed by atoms with Crippen molar-refractivity contribution in [3.05, 3.63) is 35.4 Å². The van der Waals surface area contributed by atoms with Gasteiger partial charge in [0.15, 0.2) is 0 Å². The SMILES string of the molecule is CC1(O)CCCN(C(=O)Cc2ccc(C(N)=S)cc2)CC1. The molecule has 0 aromatic heterocycles. The largest absolute Gasteiger partial charge is 0.390 e. The number of aliphatic hydroxyl groups is 1. The monoisotopic (exact) mass is 306 g/mol. The first kappa shape index (κ1) is 15.9. The maximum atomic E-state index is 12.3. The standard InChI is InChI=1S/C16H22N2O2S/c1-16(20)7-2-9-18(10-8-16)14(19)11-12-3-5-13(6-4-12)15(17)21/h3-6,20H,2,7-11H2,1H3,(H2,17,21). The van der Waals surface area contributed by atoms with Gasteiger partial charge in [0.1, 0.15) is 4.99 Å². The Hall–Kier alpha value is -1.46. The van der Waals surface area contributed by atoms with Gasteiger partial charge in [0.25, 0.3) is 0 Å². The highest BCUT2D eigenvalue weighted by Crippen LogP contribution is 2.21. The molecule has 2 rings (SSSR count). The molecule has 1 saturated heterocycles. The van der Waals surface area contributed by atoms with E-state index >= 15 is 0 Å². The third-order valence-corrected chi connectivity index (χ3v) is 4.25. The van der Waals surface area contributed by atoms with Gasteiger partial charge in [-0.2, -0.15) is 0 Å². The Morgan fingerprint density at radius 3 is 2.62 bits per heavy atom. The van der Waals surface area contributed by atoms with Crippen LogP contribution in [0.25, 0.3) is 0 Å².